The van der Waals surface area contributed by atoms with Gasteiger partial charge in [0.15, 0.2) is 0 Å². The van der Waals surface area contributed by atoms with Gasteiger partial charge in [-0.1, -0.05) is 6.42 Å². The van der Waals surface area contributed by atoms with Crippen LogP contribution in [0, 0.1) is 0 Å². The molecule has 0 radical (unpaired) electrons. The predicted octanol–water partition coefficient (Wildman–Crippen LogP) is 1.71. The number of carbonyl (C=O) groups excluding carboxylic acids is 1. The molecule has 7 nitrogen and oxygen atoms in total. The van der Waals surface area contributed by atoms with Crippen LogP contribution in [0.3, 0.4) is 0 Å². The van der Waals surface area contributed by atoms with Crippen LogP contribution in [0.4, 0.5) is 4.79 Å². The van der Waals surface area contributed by atoms with Gasteiger partial charge in [-0.3, -0.25) is 4.90 Å². The van der Waals surface area contributed by atoms with E-state index in [-0.39, 0.29) is 11.9 Å². The van der Waals surface area contributed by atoms with Gasteiger partial charge in [0.1, 0.15) is 11.6 Å². The Morgan fingerprint density at radius 1 is 1.17 bits per heavy atom. The Bertz CT molecular complexity index is 551. The van der Waals surface area contributed by atoms with Crippen LogP contribution >= 0.6 is 0 Å². The molecule has 134 valence electrons. The molecule has 7 heteroatoms. The monoisotopic (exact) mass is 334 g/mol. The molecule has 2 fully saturated rings. The van der Waals surface area contributed by atoms with Crippen molar-refractivity contribution >= 4 is 6.03 Å². The number of hydrogen-bond donors (Lipinski definition) is 1. The van der Waals surface area contributed by atoms with E-state index in [9.17, 15) is 4.79 Å². The van der Waals surface area contributed by atoms with Gasteiger partial charge in [-0.25, -0.2) is 4.79 Å². The van der Waals surface area contributed by atoms with Crippen molar-refractivity contribution in [1.29, 1.82) is 0 Å². The zero-order chi connectivity index (χ0) is 16.9. The van der Waals surface area contributed by atoms with Gasteiger partial charge in [0.25, 0.3) is 0 Å². The van der Waals surface area contributed by atoms with Crippen LogP contribution in [0.2, 0.25) is 0 Å². The first-order chi connectivity index (χ1) is 11.7. The molecule has 24 heavy (non-hydrogen) atoms. The lowest BCUT2D eigenvalue weighted by Gasteiger charge is -2.32. The van der Waals surface area contributed by atoms with Crippen molar-refractivity contribution in [2.24, 2.45) is 7.05 Å². The van der Waals surface area contributed by atoms with Crippen LogP contribution in [-0.4, -0.2) is 63.3 Å². The standard InChI is InChI=1S/C17H30N6O/c1-3-18-17(24)23-11-7-8-14(12-23)16-20-19-15(21(16)2)13-22-9-5-4-6-10-22/h14H,3-13H2,1-2H3,(H,18,24)/t14-/m1/s1. The summed E-state index contributed by atoms with van der Waals surface area (Å²) < 4.78 is 2.15. The first-order valence-electron chi connectivity index (χ1n) is 9.32. The molecule has 1 N–H and O–H groups in total. The largest absolute Gasteiger partial charge is 0.338 e. The molecule has 3 heterocycles. The second-order valence-electron chi connectivity index (χ2n) is 6.99. The van der Waals surface area contributed by atoms with Crippen molar-refractivity contribution < 1.29 is 4.79 Å². The quantitative estimate of drug-likeness (QED) is 0.910. The highest BCUT2D eigenvalue weighted by molar-refractivity contribution is 5.74. The summed E-state index contributed by atoms with van der Waals surface area (Å²) in [6.45, 7) is 7.41. The lowest BCUT2D eigenvalue weighted by molar-refractivity contribution is 0.178. The van der Waals surface area contributed by atoms with E-state index in [0.29, 0.717) is 6.54 Å². The average molecular weight is 334 g/mol. The summed E-state index contributed by atoms with van der Waals surface area (Å²) in [6.07, 6.45) is 6.02. The minimum Gasteiger partial charge on any atom is -0.338 e. The Labute approximate surface area is 144 Å². The molecule has 2 aliphatic heterocycles. The molecular weight excluding hydrogens is 304 g/mol. The van der Waals surface area contributed by atoms with E-state index in [2.05, 4.69) is 32.0 Å². The molecule has 0 unspecified atom stereocenters. The van der Waals surface area contributed by atoms with Gasteiger partial charge < -0.3 is 14.8 Å². The van der Waals surface area contributed by atoms with Crippen molar-refractivity contribution in [2.45, 2.75) is 51.5 Å². The average Bonchev–Trinajstić information content (AvgIpc) is 2.97. The number of amides is 2. The molecule has 2 aliphatic rings. The second-order valence-corrected chi connectivity index (χ2v) is 6.99. The Kier molecular flexibility index (Phi) is 5.71. The molecule has 0 bridgehead atoms. The van der Waals surface area contributed by atoms with Crippen molar-refractivity contribution in [3.05, 3.63) is 11.6 Å². The Hall–Kier alpha value is -1.63. The number of nitrogens with one attached hydrogen (secondary N) is 1. The van der Waals surface area contributed by atoms with Crippen LogP contribution in [0.15, 0.2) is 0 Å². The molecule has 3 rings (SSSR count). The summed E-state index contributed by atoms with van der Waals surface area (Å²) in [4.78, 5) is 16.5. The third-order valence-corrected chi connectivity index (χ3v) is 5.21. The van der Waals surface area contributed by atoms with Gasteiger partial charge in [-0.15, -0.1) is 10.2 Å². The summed E-state index contributed by atoms with van der Waals surface area (Å²) in [7, 11) is 2.07. The fourth-order valence-electron chi connectivity index (χ4n) is 3.82. The number of likely N-dealkylation sites (tertiary alicyclic amines) is 2. The van der Waals surface area contributed by atoms with Gasteiger partial charge in [0.05, 0.1) is 6.54 Å². The maximum absolute atomic E-state index is 12.1. The van der Waals surface area contributed by atoms with Crippen LogP contribution in [0.25, 0.3) is 0 Å². The van der Waals surface area contributed by atoms with Gasteiger partial charge in [0, 0.05) is 32.6 Å². The Balaban J connectivity index is 1.64. The zero-order valence-electron chi connectivity index (χ0n) is 15.0. The van der Waals surface area contributed by atoms with E-state index in [4.69, 9.17) is 0 Å². The summed E-state index contributed by atoms with van der Waals surface area (Å²) in [6, 6.07) is 0.0397. The molecule has 1 aromatic heterocycles. The maximum atomic E-state index is 12.1. The fraction of sp³-hybridized carbons (Fsp3) is 0.824. The highest BCUT2D eigenvalue weighted by Crippen LogP contribution is 2.26. The SMILES string of the molecule is CCNC(=O)N1CCC[C@@H](c2nnc(CN3CCCCC3)n2C)C1. The topological polar surface area (TPSA) is 66.3 Å². The summed E-state index contributed by atoms with van der Waals surface area (Å²) >= 11 is 0. The first kappa shape index (κ1) is 17.2. The van der Waals surface area contributed by atoms with E-state index >= 15 is 0 Å². The maximum Gasteiger partial charge on any atom is 0.317 e. The summed E-state index contributed by atoms with van der Waals surface area (Å²) in [5.41, 5.74) is 0. The van der Waals surface area contributed by atoms with E-state index in [1.807, 2.05) is 11.8 Å². The number of rotatable bonds is 4. The minimum absolute atomic E-state index is 0.0397. The Morgan fingerprint density at radius 2 is 1.96 bits per heavy atom. The van der Waals surface area contributed by atoms with Crippen molar-refractivity contribution in [1.82, 2.24) is 29.9 Å². The van der Waals surface area contributed by atoms with Gasteiger partial charge >= 0.3 is 6.03 Å². The smallest absolute Gasteiger partial charge is 0.317 e. The van der Waals surface area contributed by atoms with Crippen molar-refractivity contribution in [3.63, 3.8) is 0 Å². The minimum atomic E-state index is 0.0397. The Morgan fingerprint density at radius 3 is 2.71 bits per heavy atom. The molecule has 1 atom stereocenters. The van der Waals surface area contributed by atoms with E-state index in [0.717, 1.165) is 57.2 Å². The molecular formula is C17H30N6O. The lowest BCUT2D eigenvalue weighted by Crippen LogP contribution is -2.45. The molecule has 0 spiro atoms. The molecule has 2 saturated heterocycles. The number of aromatic nitrogens is 3. The van der Waals surface area contributed by atoms with Crippen LogP contribution < -0.4 is 5.32 Å². The highest BCUT2D eigenvalue weighted by Gasteiger charge is 2.28. The third kappa shape index (κ3) is 3.88. The number of piperidine rings is 2. The normalized spacial score (nSPS) is 22.6. The van der Waals surface area contributed by atoms with E-state index in [1.54, 1.807) is 0 Å². The van der Waals surface area contributed by atoms with Crippen LogP contribution in [-0.2, 0) is 13.6 Å². The van der Waals surface area contributed by atoms with E-state index in [1.165, 1.54) is 19.3 Å². The number of carbonyl (C=O) groups is 1. The predicted molar refractivity (Wildman–Crippen MR) is 92.8 cm³/mol. The number of nitrogens with zero attached hydrogens (tertiary/aromatic N) is 5. The lowest BCUT2D eigenvalue weighted by atomic mass is 9.97. The number of urea groups is 1. The second kappa shape index (κ2) is 7.96. The van der Waals surface area contributed by atoms with Crippen LogP contribution in [0.5, 0.6) is 0 Å². The molecule has 0 aliphatic carbocycles. The fourth-order valence-corrected chi connectivity index (χ4v) is 3.82. The third-order valence-electron chi connectivity index (χ3n) is 5.21. The number of hydrogen-bond acceptors (Lipinski definition) is 4. The van der Waals surface area contributed by atoms with E-state index < -0.39 is 0 Å². The van der Waals surface area contributed by atoms with Crippen molar-refractivity contribution in [3.8, 4) is 0 Å². The highest BCUT2D eigenvalue weighted by atomic mass is 16.2. The first-order valence-corrected chi connectivity index (χ1v) is 9.32. The van der Waals surface area contributed by atoms with Crippen LogP contribution in [0.1, 0.15) is 56.6 Å². The van der Waals surface area contributed by atoms with Crippen molar-refractivity contribution in [2.75, 3.05) is 32.7 Å². The van der Waals surface area contributed by atoms with Gasteiger partial charge in [-0.05, 0) is 45.7 Å². The molecule has 2 amide bonds. The molecule has 0 saturated carbocycles. The van der Waals surface area contributed by atoms with Gasteiger partial charge in [-0.2, -0.15) is 0 Å². The van der Waals surface area contributed by atoms with Gasteiger partial charge in [0.2, 0.25) is 0 Å². The summed E-state index contributed by atoms with van der Waals surface area (Å²) in [5, 5.41) is 11.8. The molecule has 1 aromatic rings. The summed E-state index contributed by atoms with van der Waals surface area (Å²) in [5.74, 6) is 2.35. The zero-order valence-corrected chi connectivity index (χ0v) is 15.0. The molecule has 0 aromatic carbocycles.